The molecule has 0 heterocycles. The number of alkyl halides is 1. The van der Waals surface area contributed by atoms with E-state index in [1.54, 1.807) is 0 Å². The maximum Gasteiger partial charge on any atom is 0.0996 e. The van der Waals surface area contributed by atoms with Crippen LogP contribution in [-0.2, 0) is 4.74 Å². The van der Waals surface area contributed by atoms with Crippen molar-refractivity contribution in [3.8, 4) is 0 Å². The Labute approximate surface area is 88.0 Å². The lowest BCUT2D eigenvalue weighted by atomic mass is 10.3. The van der Waals surface area contributed by atoms with Crippen LogP contribution in [0.15, 0.2) is 0 Å². The molecule has 4 heteroatoms. The van der Waals surface area contributed by atoms with Crippen molar-refractivity contribution in [1.29, 1.82) is 0 Å². The number of hydrogen-bond donors (Lipinski definition) is 1. The molecular weight excluding hydrogens is 276 g/mol. The van der Waals surface area contributed by atoms with Gasteiger partial charge < -0.3 is 4.74 Å². The van der Waals surface area contributed by atoms with E-state index < -0.39 is 0 Å². The second-order valence-corrected chi connectivity index (χ2v) is 3.27. The molecule has 0 aromatic rings. The summed E-state index contributed by atoms with van der Waals surface area (Å²) >= 11 is 2.21. The first-order valence-electron chi connectivity index (χ1n) is 3.80. The summed E-state index contributed by atoms with van der Waals surface area (Å²) in [4.78, 5) is 0. The highest BCUT2D eigenvalue weighted by molar-refractivity contribution is 14.1. The third-order valence-electron chi connectivity index (χ3n) is 1.91. The van der Waals surface area contributed by atoms with Gasteiger partial charge >= 0.3 is 0 Å². The SMILES string of the molecule is Cl.ICOCNC1CCCC1. The van der Waals surface area contributed by atoms with Crippen LogP contribution in [-0.4, -0.2) is 17.4 Å². The van der Waals surface area contributed by atoms with Gasteiger partial charge in [-0.3, -0.25) is 5.32 Å². The van der Waals surface area contributed by atoms with Gasteiger partial charge in [-0.2, -0.15) is 0 Å². The van der Waals surface area contributed by atoms with E-state index >= 15 is 0 Å². The zero-order valence-corrected chi connectivity index (χ0v) is 9.49. The monoisotopic (exact) mass is 291 g/mol. The minimum absolute atomic E-state index is 0. The molecule has 2 nitrogen and oxygen atoms in total. The van der Waals surface area contributed by atoms with Crippen molar-refractivity contribution in [3.63, 3.8) is 0 Å². The topological polar surface area (TPSA) is 21.3 Å². The summed E-state index contributed by atoms with van der Waals surface area (Å²) in [5, 5.41) is 3.36. The molecule has 1 fully saturated rings. The fraction of sp³-hybridized carbons (Fsp3) is 1.00. The van der Waals surface area contributed by atoms with Gasteiger partial charge in [-0.1, -0.05) is 35.4 Å². The fourth-order valence-electron chi connectivity index (χ4n) is 1.35. The quantitative estimate of drug-likeness (QED) is 0.371. The van der Waals surface area contributed by atoms with Gasteiger partial charge in [-0.05, 0) is 12.8 Å². The first-order chi connectivity index (χ1) is 4.93. The summed E-state index contributed by atoms with van der Waals surface area (Å²) in [5.41, 5.74) is 0. The average molecular weight is 292 g/mol. The molecule has 0 bridgehead atoms. The van der Waals surface area contributed by atoms with Gasteiger partial charge in [0.15, 0.2) is 0 Å². The van der Waals surface area contributed by atoms with Gasteiger partial charge in [0, 0.05) is 6.04 Å². The van der Waals surface area contributed by atoms with Gasteiger partial charge in [0.05, 0.1) is 11.3 Å². The molecule has 0 atom stereocenters. The Morgan fingerprint density at radius 3 is 2.55 bits per heavy atom. The fourth-order valence-corrected chi connectivity index (χ4v) is 1.57. The highest BCUT2D eigenvalue weighted by atomic mass is 127. The molecule has 0 aliphatic heterocycles. The molecule has 1 N–H and O–H groups in total. The second kappa shape index (κ2) is 7.58. The molecule has 0 aromatic carbocycles. The third-order valence-corrected chi connectivity index (χ3v) is 2.35. The van der Waals surface area contributed by atoms with E-state index in [2.05, 4.69) is 27.9 Å². The summed E-state index contributed by atoms with van der Waals surface area (Å²) in [5.74, 6) is 0. The van der Waals surface area contributed by atoms with Crippen LogP contribution < -0.4 is 5.32 Å². The molecule has 0 spiro atoms. The normalized spacial score (nSPS) is 18.3. The van der Waals surface area contributed by atoms with Crippen LogP contribution in [0, 0.1) is 0 Å². The van der Waals surface area contributed by atoms with E-state index in [4.69, 9.17) is 4.74 Å². The van der Waals surface area contributed by atoms with E-state index in [1.165, 1.54) is 25.7 Å². The summed E-state index contributed by atoms with van der Waals surface area (Å²) in [6.45, 7) is 0.730. The standard InChI is InChI=1S/C7H14INO.ClH/c8-5-10-6-9-7-3-1-2-4-7;/h7,9H,1-6H2;1H. The van der Waals surface area contributed by atoms with Crippen molar-refractivity contribution in [2.45, 2.75) is 31.7 Å². The Balaban J connectivity index is 0.000001000. The molecule has 0 aromatic heterocycles. The van der Waals surface area contributed by atoms with Crippen LogP contribution in [0.25, 0.3) is 0 Å². The van der Waals surface area contributed by atoms with Crippen molar-refractivity contribution in [3.05, 3.63) is 0 Å². The Hall–Kier alpha value is 0.940. The number of ether oxygens (including phenoxy) is 1. The minimum Gasteiger partial charge on any atom is -0.356 e. The predicted molar refractivity (Wildman–Crippen MR) is 57.5 cm³/mol. The molecule has 1 aliphatic carbocycles. The van der Waals surface area contributed by atoms with E-state index in [0.717, 1.165) is 17.4 Å². The highest BCUT2D eigenvalue weighted by Crippen LogP contribution is 2.17. The molecule has 68 valence electrons. The third kappa shape index (κ3) is 5.22. The maximum atomic E-state index is 5.17. The van der Waals surface area contributed by atoms with Gasteiger partial charge in [0.2, 0.25) is 0 Å². The summed E-state index contributed by atoms with van der Waals surface area (Å²) in [6.07, 6.45) is 5.46. The lowest BCUT2D eigenvalue weighted by Crippen LogP contribution is -2.28. The van der Waals surface area contributed by atoms with Crippen molar-refractivity contribution < 1.29 is 4.74 Å². The van der Waals surface area contributed by atoms with Gasteiger partial charge in [0.1, 0.15) is 0 Å². The van der Waals surface area contributed by atoms with Crippen LogP contribution in [0.3, 0.4) is 0 Å². The molecule has 0 saturated heterocycles. The molecule has 0 unspecified atom stereocenters. The Bertz CT molecular complexity index is 88.5. The Morgan fingerprint density at radius 2 is 2.00 bits per heavy atom. The highest BCUT2D eigenvalue weighted by Gasteiger charge is 2.12. The first-order valence-corrected chi connectivity index (χ1v) is 5.33. The lowest BCUT2D eigenvalue weighted by Gasteiger charge is -2.10. The van der Waals surface area contributed by atoms with Gasteiger partial charge in [-0.25, -0.2) is 0 Å². The zero-order valence-electron chi connectivity index (χ0n) is 6.51. The van der Waals surface area contributed by atoms with E-state index in [1.807, 2.05) is 0 Å². The largest absolute Gasteiger partial charge is 0.356 e. The molecule has 1 aliphatic rings. The van der Waals surface area contributed by atoms with Crippen LogP contribution >= 0.6 is 35.0 Å². The van der Waals surface area contributed by atoms with E-state index in [9.17, 15) is 0 Å². The number of rotatable bonds is 4. The smallest absolute Gasteiger partial charge is 0.0996 e. The first kappa shape index (κ1) is 11.9. The lowest BCUT2D eigenvalue weighted by molar-refractivity contribution is 0.157. The van der Waals surface area contributed by atoms with Gasteiger partial charge in [0.25, 0.3) is 0 Å². The van der Waals surface area contributed by atoms with E-state index in [-0.39, 0.29) is 12.4 Å². The van der Waals surface area contributed by atoms with Crippen LogP contribution in [0.5, 0.6) is 0 Å². The van der Waals surface area contributed by atoms with Crippen LogP contribution in [0.2, 0.25) is 0 Å². The summed E-state index contributed by atoms with van der Waals surface area (Å²) < 4.78 is 5.96. The zero-order chi connectivity index (χ0) is 7.23. The molecule has 1 saturated carbocycles. The summed E-state index contributed by atoms with van der Waals surface area (Å²) in [7, 11) is 0. The number of halogens is 2. The van der Waals surface area contributed by atoms with Crippen LogP contribution in [0.4, 0.5) is 0 Å². The van der Waals surface area contributed by atoms with Crippen molar-refractivity contribution in [1.82, 2.24) is 5.32 Å². The van der Waals surface area contributed by atoms with Crippen molar-refractivity contribution in [2.24, 2.45) is 0 Å². The Kier molecular flexibility index (Phi) is 8.23. The van der Waals surface area contributed by atoms with Gasteiger partial charge in [-0.15, -0.1) is 12.4 Å². The molecule has 0 radical (unpaired) electrons. The number of hydrogen-bond acceptors (Lipinski definition) is 2. The number of nitrogens with one attached hydrogen (secondary N) is 1. The van der Waals surface area contributed by atoms with Crippen molar-refractivity contribution in [2.75, 3.05) is 11.3 Å². The summed E-state index contributed by atoms with van der Waals surface area (Å²) in [6, 6.07) is 0.739. The molecular formula is C7H15ClINO. The Morgan fingerprint density at radius 1 is 1.36 bits per heavy atom. The molecule has 0 amide bonds. The second-order valence-electron chi connectivity index (χ2n) is 2.64. The maximum absolute atomic E-state index is 5.17. The molecule has 11 heavy (non-hydrogen) atoms. The minimum atomic E-state index is 0. The molecule has 1 rings (SSSR count). The van der Waals surface area contributed by atoms with Crippen LogP contribution in [0.1, 0.15) is 25.7 Å². The van der Waals surface area contributed by atoms with Crippen molar-refractivity contribution >= 4 is 35.0 Å². The van der Waals surface area contributed by atoms with E-state index in [0.29, 0.717) is 0 Å². The predicted octanol–water partition coefficient (Wildman–Crippen LogP) is 2.31. The average Bonchev–Trinajstić information content (AvgIpc) is 2.41.